The Morgan fingerprint density at radius 3 is 2.44 bits per heavy atom. The Morgan fingerprint density at radius 2 is 1.76 bits per heavy atom. The molecule has 0 atom stereocenters. The maximum Gasteiger partial charge on any atom is 0.272 e. The van der Waals surface area contributed by atoms with E-state index in [1.807, 2.05) is 0 Å². The maximum absolute atomic E-state index is 13.5. The zero-order valence-electron chi connectivity index (χ0n) is 13.1. The fraction of sp³-hybridized carbons (Fsp3) is 0.0526. The molecule has 2 aromatic carbocycles. The van der Waals surface area contributed by atoms with Gasteiger partial charge in [-0.05, 0) is 53.9 Å². The fourth-order valence-corrected chi connectivity index (χ4v) is 2.55. The Labute approximate surface area is 142 Å². The van der Waals surface area contributed by atoms with Crippen LogP contribution < -0.4 is 10.9 Å². The summed E-state index contributed by atoms with van der Waals surface area (Å²) in [5, 5.41) is 3.23. The highest BCUT2D eigenvalue weighted by Gasteiger charge is 2.15. The predicted molar refractivity (Wildman–Crippen MR) is 92.7 cm³/mol. The normalized spacial score (nSPS) is 10.6. The predicted octanol–water partition coefficient (Wildman–Crippen LogP) is 3.72. The molecule has 25 heavy (non-hydrogen) atoms. The Kier molecular flexibility index (Phi) is 4.43. The average Bonchev–Trinajstić information content (AvgIpc) is 2.59. The molecule has 0 radical (unpaired) electrons. The van der Waals surface area contributed by atoms with Crippen LogP contribution in [0.1, 0.15) is 10.5 Å². The summed E-state index contributed by atoms with van der Waals surface area (Å²) < 4.78 is 27.7. The van der Waals surface area contributed by atoms with Crippen LogP contribution in [0.15, 0.2) is 66.0 Å². The molecule has 3 aromatic rings. The number of nitrogens with zero attached hydrogens (tertiary/aromatic N) is 1. The van der Waals surface area contributed by atoms with Crippen molar-refractivity contribution in [1.82, 2.24) is 4.57 Å². The molecule has 0 spiro atoms. The van der Waals surface area contributed by atoms with Crippen molar-refractivity contribution >= 4 is 22.4 Å². The molecule has 0 fully saturated rings. The monoisotopic (exact) mass is 340 g/mol. The quantitative estimate of drug-likeness (QED) is 0.736. The molecular weight excluding hydrogens is 326 g/mol. The summed E-state index contributed by atoms with van der Waals surface area (Å²) in [5.74, 6) is -1.49. The van der Waals surface area contributed by atoms with Crippen LogP contribution >= 0.6 is 0 Å². The number of halogens is 2. The molecular formula is C19H14F2N2O2. The first kappa shape index (κ1) is 16.6. The average molecular weight is 340 g/mol. The van der Waals surface area contributed by atoms with Gasteiger partial charge in [0.2, 0.25) is 0 Å². The number of amides is 1. The molecule has 4 nitrogen and oxygen atoms in total. The number of fused-ring (bicyclic) bond motifs is 1. The topological polar surface area (TPSA) is 51.1 Å². The van der Waals surface area contributed by atoms with Crippen molar-refractivity contribution in [1.29, 1.82) is 0 Å². The SMILES string of the molecule is C=CCn1c(C(=O)Nc2ccc(F)cc2)cc2cc(F)ccc2c1=O. The first-order valence-electron chi connectivity index (χ1n) is 7.50. The van der Waals surface area contributed by atoms with Crippen LogP contribution in [0, 0.1) is 11.6 Å². The summed E-state index contributed by atoms with van der Waals surface area (Å²) >= 11 is 0. The van der Waals surface area contributed by atoms with Crippen LogP contribution in [0.4, 0.5) is 14.5 Å². The van der Waals surface area contributed by atoms with Crippen LogP contribution in [0.5, 0.6) is 0 Å². The first-order valence-corrected chi connectivity index (χ1v) is 7.50. The Bertz CT molecular complexity index is 1020. The maximum atomic E-state index is 13.5. The number of rotatable bonds is 4. The number of pyridine rings is 1. The van der Waals surface area contributed by atoms with Crippen molar-refractivity contribution in [2.45, 2.75) is 6.54 Å². The van der Waals surface area contributed by atoms with E-state index in [0.717, 1.165) is 0 Å². The van der Waals surface area contributed by atoms with Gasteiger partial charge in [-0.25, -0.2) is 8.78 Å². The van der Waals surface area contributed by atoms with Crippen molar-refractivity contribution in [3.05, 3.63) is 88.9 Å². The molecule has 0 unspecified atom stereocenters. The van der Waals surface area contributed by atoms with E-state index in [0.29, 0.717) is 16.5 Å². The van der Waals surface area contributed by atoms with E-state index in [1.54, 1.807) is 0 Å². The minimum atomic E-state index is -0.559. The van der Waals surface area contributed by atoms with E-state index >= 15 is 0 Å². The third kappa shape index (κ3) is 3.33. The highest BCUT2D eigenvalue weighted by atomic mass is 19.1. The standard InChI is InChI=1S/C19H14F2N2O2/c1-2-9-23-17(18(24)22-15-6-3-13(20)4-7-15)11-12-10-14(21)5-8-16(12)19(23)25/h2-8,10-11H,1,9H2,(H,22,24). The summed E-state index contributed by atoms with van der Waals surface area (Å²) in [6, 6.07) is 10.5. The Balaban J connectivity index is 2.10. The lowest BCUT2D eigenvalue weighted by Gasteiger charge is -2.13. The van der Waals surface area contributed by atoms with E-state index in [1.165, 1.54) is 59.2 Å². The zero-order chi connectivity index (χ0) is 18.0. The van der Waals surface area contributed by atoms with Crippen LogP contribution in [-0.2, 0) is 6.54 Å². The second kappa shape index (κ2) is 6.68. The summed E-state index contributed by atoms with van der Waals surface area (Å²) in [6.45, 7) is 3.72. The number of carbonyl (C=O) groups is 1. The minimum absolute atomic E-state index is 0.0623. The summed E-state index contributed by atoms with van der Waals surface area (Å²) in [6.07, 6.45) is 1.49. The van der Waals surface area contributed by atoms with Crippen LogP contribution in [0.3, 0.4) is 0 Å². The van der Waals surface area contributed by atoms with Crippen molar-refractivity contribution in [3.63, 3.8) is 0 Å². The van der Waals surface area contributed by atoms with Gasteiger partial charge < -0.3 is 5.32 Å². The van der Waals surface area contributed by atoms with Gasteiger partial charge in [-0.2, -0.15) is 0 Å². The van der Waals surface area contributed by atoms with Gasteiger partial charge in [-0.15, -0.1) is 6.58 Å². The molecule has 1 heterocycles. The van der Waals surface area contributed by atoms with Gasteiger partial charge in [0.1, 0.15) is 17.3 Å². The second-order valence-electron chi connectivity index (χ2n) is 5.43. The lowest BCUT2D eigenvalue weighted by atomic mass is 10.1. The lowest BCUT2D eigenvalue weighted by Crippen LogP contribution is -2.28. The van der Waals surface area contributed by atoms with E-state index in [2.05, 4.69) is 11.9 Å². The van der Waals surface area contributed by atoms with Gasteiger partial charge in [0.05, 0.1) is 0 Å². The number of allylic oxidation sites excluding steroid dienone is 1. The molecule has 6 heteroatoms. The third-order valence-electron chi connectivity index (χ3n) is 3.72. The van der Waals surface area contributed by atoms with Crippen molar-refractivity contribution in [2.24, 2.45) is 0 Å². The molecule has 1 aromatic heterocycles. The molecule has 0 saturated carbocycles. The summed E-state index contributed by atoms with van der Waals surface area (Å²) in [4.78, 5) is 25.2. The number of benzene rings is 2. The summed E-state index contributed by atoms with van der Waals surface area (Å²) in [7, 11) is 0. The van der Waals surface area contributed by atoms with Gasteiger partial charge in [0.25, 0.3) is 11.5 Å². The number of hydrogen-bond acceptors (Lipinski definition) is 2. The highest BCUT2D eigenvalue weighted by Crippen LogP contribution is 2.16. The van der Waals surface area contributed by atoms with E-state index in [9.17, 15) is 18.4 Å². The number of nitrogens with one attached hydrogen (secondary N) is 1. The van der Waals surface area contributed by atoms with Gasteiger partial charge >= 0.3 is 0 Å². The molecule has 3 rings (SSSR count). The van der Waals surface area contributed by atoms with Crippen LogP contribution in [0.25, 0.3) is 10.8 Å². The van der Waals surface area contributed by atoms with Crippen LogP contribution in [-0.4, -0.2) is 10.5 Å². The zero-order valence-corrected chi connectivity index (χ0v) is 13.1. The number of carbonyl (C=O) groups excluding carboxylic acids is 1. The number of hydrogen-bond donors (Lipinski definition) is 1. The summed E-state index contributed by atoms with van der Waals surface area (Å²) in [5.41, 5.74) is 0.0253. The van der Waals surface area contributed by atoms with Gasteiger partial charge in [-0.3, -0.25) is 14.2 Å². The molecule has 0 saturated heterocycles. The molecule has 0 aliphatic carbocycles. The fourth-order valence-electron chi connectivity index (χ4n) is 2.55. The Hall–Kier alpha value is -3.28. The smallest absolute Gasteiger partial charge is 0.272 e. The third-order valence-corrected chi connectivity index (χ3v) is 3.72. The molecule has 1 amide bonds. The number of aromatic nitrogens is 1. The highest BCUT2D eigenvalue weighted by molar-refractivity contribution is 6.05. The minimum Gasteiger partial charge on any atom is -0.321 e. The lowest BCUT2D eigenvalue weighted by molar-refractivity contribution is 0.101. The van der Waals surface area contributed by atoms with Crippen molar-refractivity contribution < 1.29 is 13.6 Å². The molecule has 1 N–H and O–H groups in total. The van der Waals surface area contributed by atoms with Gasteiger partial charge in [0, 0.05) is 17.6 Å². The molecule has 0 bridgehead atoms. The molecule has 126 valence electrons. The molecule has 0 aliphatic rings. The van der Waals surface area contributed by atoms with Gasteiger partial charge in [-0.1, -0.05) is 6.08 Å². The van der Waals surface area contributed by atoms with E-state index in [4.69, 9.17) is 0 Å². The second-order valence-corrected chi connectivity index (χ2v) is 5.43. The largest absolute Gasteiger partial charge is 0.321 e. The first-order chi connectivity index (χ1) is 12.0. The van der Waals surface area contributed by atoms with Gasteiger partial charge in [0.15, 0.2) is 0 Å². The number of anilines is 1. The van der Waals surface area contributed by atoms with Crippen molar-refractivity contribution in [3.8, 4) is 0 Å². The molecule has 0 aliphatic heterocycles. The van der Waals surface area contributed by atoms with E-state index in [-0.39, 0.29) is 12.2 Å². The van der Waals surface area contributed by atoms with E-state index < -0.39 is 23.1 Å². The van der Waals surface area contributed by atoms with Crippen LogP contribution in [0.2, 0.25) is 0 Å². The van der Waals surface area contributed by atoms with Crippen molar-refractivity contribution in [2.75, 3.05) is 5.32 Å². The Morgan fingerprint density at radius 1 is 1.08 bits per heavy atom.